The smallest absolute Gasteiger partial charge is 0.320 e. The molecule has 0 bridgehead atoms. The fourth-order valence-corrected chi connectivity index (χ4v) is 6.88. The molecular formula is C33H57N5O10S. The highest BCUT2D eigenvalue weighted by molar-refractivity contribution is 7.88. The van der Waals surface area contributed by atoms with Crippen LogP contribution in [0, 0.1) is 0 Å². The van der Waals surface area contributed by atoms with Crippen LogP contribution in [-0.2, 0) is 45.0 Å². The molecule has 1 aromatic rings. The van der Waals surface area contributed by atoms with Crippen molar-refractivity contribution in [2.75, 3.05) is 105 Å². The van der Waals surface area contributed by atoms with Crippen LogP contribution in [0.4, 0.5) is 0 Å². The van der Waals surface area contributed by atoms with Crippen LogP contribution in [0.15, 0.2) is 24.3 Å². The summed E-state index contributed by atoms with van der Waals surface area (Å²) in [5.74, 6) is -0.619. The molecule has 2 atom stereocenters. The second-order valence-electron chi connectivity index (χ2n) is 11.7. The Hall–Kier alpha value is -2.86. The van der Waals surface area contributed by atoms with Gasteiger partial charge in [0.15, 0.2) is 0 Å². The van der Waals surface area contributed by atoms with Crippen molar-refractivity contribution in [3.05, 3.63) is 29.8 Å². The quantitative estimate of drug-likeness (QED) is 0.156. The molecule has 2 rings (SSSR count). The van der Waals surface area contributed by atoms with Crippen LogP contribution in [0.1, 0.15) is 39.2 Å². The van der Waals surface area contributed by atoms with Crippen molar-refractivity contribution in [1.29, 1.82) is 0 Å². The van der Waals surface area contributed by atoms with E-state index in [2.05, 4.69) is 5.32 Å². The number of carbonyl (C=O) groups excluding carboxylic acids is 3. The van der Waals surface area contributed by atoms with Crippen molar-refractivity contribution < 1.29 is 46.9 Å². The van der Waals surface area contributed by atoms with Crippen LogP contribution in [0.2, 0.25) is 0 Å². The number of aliphatic hydroxyl groups excluding tert-OH is 1. The van der Waals surface area contributed by atoms with Gasteiger partial charge in [-0.05, 0) is 57.7 Å². The van der Waals surface area contributed by atoms with Crippen LogP contribution in [-0.4, -0.2) is 168 Å². The predicted molar refractivity (Wildman–Crippen MR) is 184 cm³/mol. The number of ether oxygens (including phenoxy) is 4. The second kappa shape index (κ2) is 22.8. The van der Waals surface area contributed by atoms with E-state index in [9.17, 15) is 27.9 Å². The first kappa shape index (κ1) is 42.3. The Morgan fingerprint density at radius 1 is 0.857 bits per heavy atom. The first-order chi connectivity index (χ1) is 23.4. The Labute approximate surface area is 291 Å². The summed E-state index contributed by atoms with van der Waals surface area (Å²) in [7, 11) is -2.30. The number of nitrogens with zero attached hydrogens (tertiary/aromatic N) is 4. The maximum absolute atomic E-state index is 13.7. The number of hydrogen-bond acceptors (Lipinski definition) is 14. The summed E-state index contributed by atoms with van der Waals surface area (Å²) in [5, 5.41) is 13.4. The maximum Gasteiger partial charge on any atom is 0.320 e. The van der Waals surface area contributed by atoms with Crippen molar-refractivity contribution in [2.24, 2.45) is 0 Å². The fourth-order valence-electron chi connectivity index (χ4n) is 5.79. The van der Waals surface area contributed by atoms with Crippen molar-refractivity contribution in [2.45, 2.75) is 52.2 Å². The lowest BCUT2D eigenvalue weighted by Gasteiger charge is -2.44. The molecule has 1 aromatic carbocycles. The highest BCUT2D eigenvalue weighted by atomic mass is 32.2. The number of nitrogens with one attached hydrogen (secondary N) is 1. The molecule has 1 fully saturated rings. The number of methoxy groups -OCH3 is 1. The lowest BCUT2D eigenvalue weighted by atomic mass is 10.1. The van der Waals surface area contributed by atoms with Gasteiger partial charge >= 0.3 is 17.9 Å². The lowest BCUT2D eigenvalue weighted by molar-refractivity contribution is -0.147. The summed E-state index contributed by atoms with van der Waals surface area (Å²) < 4.78 is 49.8. The highest BCUT2D eigenvalue weighted by Gasteiger charge is 2.38. The largest absolute Gasteiger partial charge is 0.497 e. The molecule has 0 saturated carbocycles. The SMILES string of the molecule is CCOC(=O)CN1CCNC(CCCO)C(N(CCc2ccc(OC)cc2)S(C)(=O)=O)N(CC(=O)OCC)CCN(CC(=O)OCC)CC1. The molecule has 1 saturated heterocycles. The van der Waals surface area contributed by atoms with Gasteiger partial charge in [-0.25, -0.2) is 8.42 Å². The minimum absolute atomic E-state index is 0.0293. The topological polar surface area (TPSA) is 167 Å². The van der Waals surface area contributed by atoms with E-state index in [1.54, 1.807) is 32.8 Å². The average molecular weight is 716 g/mol. The number of aliphatic hydroxyl groups is 1. The van der Waals surface area contributed by atoms with Gasteiger partial charge in [0.05, 0.1) is 59.0 Å². The Morgan fingerprint density at radius 3 is 1.90 bits per heavy atom. The van der Waals surface area contributed by atoms with Crippen LogP contribution in [0.5, 0.6) is 5.75 Å². The van der Waals surface area contributed by atoms with Crippen LogP contribution >= 0.6 is 0 Å². The molecule has 15 nitrogen and oxygen atoms in total. The number of esters is 3. The van der Waals surface area contributed by atoms with Crippen molar-refractivity contribution >= 4 is 27.9 Å². The van der Waals surface area contributed by atoms with Crippen molar-refractivity contribution in [1.82, 2.24) is 24.3 Å². The minimum atomic E-state index is -3.87. The molecule has 0 aliphatic carbocycles. The molecule has 2 unspecified atom stereocenters. The molecule has 2 N–H and O–H groups in total. The maximum atomic E-state index is 13.7. The van der Waals surface area contributed by atoms with Gasteiger partial charge in [0.1, 0.15) is 5.75 Å². The fraction of sp³-hybridized carbons (Fsp3) is 0.727. The standard InChI is InChI=1S/C33H57N5O10S/c1-6-46-30(40)24-35-18-16-34-29(10-9-23-39)33(38(49(5,43)44)17-15-27-11-13-28(45-4)14-12-27)37(26-32(42)48-8-3)22-21-36(20-19-35)25-31(41)47-7-2/h11-14,29,33-34,39H,6-10,15-26H2,1-5H3. The number of rotatable bonds is 18. The van der Waals surface area contributed by atoms with Gasteiger partial charge in [-0.3, -0.25) is 29.1 Å². The molecule has 1 aliphatic rings. The second-order valence-corrected chi connectivity index (χ2v) is 13.7. The molecule has 280 valence electrons. The van der Waals surface area contributed by atoms with Gasteiger partial charge in [0, 0.05) is 58.5 Å². The molecule has 49 heavy (non-hydrogen) atoms. The Bertz CT molecular complexity index is 1240. The zero-order valence-corrected chi connectivity index (χ0v) is 30.6. The summed E-state index contributed by atoms with van der Waals surface area (Å²) >= 11 is 0. The average Bonchev–Trinajstić information content (AvgIpc) is 3.04. The van der Waals surface area contributed by atoms with Gasteiger partial charge in [0.25, 0.3) is 0 Å². The Balaban J connectivity index is 2.61. The van der Waals surface area contributed by atoms with E-state index in [0.29, 0.717) is 51.2 Å². The van der Waals surface area contributed by atoms with Crippen LogP contribution in [0.25, 0.3) is 0 Å². The zero-order chi connectivity index (χ0) is 36.2. The molecule has 1 heterocycles. The van der Waals surface area contributed by atoms with Crippen molar-refractivity contribution in [3.8, 4) is 5.75 Å². The van der Waals surface area contributed by atoms with Crippen LogP contribution in [0.3, 0.4) is 0 Å². The van der Waals surface area contributed by atoms with E-state index in [1.165, 1.54) is 4.31 Å². The number of hydrogen-bond donors (Lipinski definition) is 2. The van der Waals surface area contributed by atoms with Gasteiger partial charge in [-0.1, -0.05) is 12.1 Å². The summed E-state index contributed by atoms with van der Waals surface area (Å²) in [6.07, 6.45) is 1.43. The first-order valence-electron chi connectivity index (χ1n) is 17.0. The third-order valence-corrected chi connectivity index (χ3v) is 9.38. The highest BCUT2D eigenvalue weighted by Crippen LogP contribution is 2.21. The molecule has 0 spiro atoms. The minimum Gasteiger partial charge on any atom is -0.497 e. The molecule has 0 radical (unpaired) electrons. The number of carbonyl (C=O) groups is 3. The van der Waals surface area contributed by atoms with E-state index in [4.69, 9.17) is 18.9 Å². The number of sulfonamides is 1. The van der Waals surface area contributed by atoms with Crippen LogP contribution < -0.4 is 10.1 Å². The van der Waals surface area contributed by atoms with E-state index < -0.39 is 34.2 Å². The normalized spacial score (nSPS) is 19.1. The summed E-state index contributed by atoms with van der Waals surface area (Å²) in [4.78, 5) is 43.8. The first-order valence-corrected chi connectivity index (χ1v) is 18.9. The summed E-state index contributed by atoms with van der Waals surface area (Å²) in [6, 6.07) is 6.85. The predicted octanol–water partition coefficient (Wildman–Crippen LogP) is 0.165. The van der Waals surface area contributed by atoms with Gasteiger partial charge < -0.3 is 29.4 Å². The Kier molecular flexibility index (Phi) is 19.7. The molecule has 1 aliphatic heterocycles. The molecular weight excluding hydrogens is 658 g/mol. The monoisotopic (exact) mass is 715 g/mol. The molecule has 16 heteroatoms. The van der Waals surface area contributed by atoms with Gasteiger partial charge in [0.2, 0.25) is 10.0 Å². The summed E-state index contributed by atoms with van der Waals surface area (Å²) in [5.41, 5.74) is 0.898. The van der Waals surface area contributed by atoms with Gasteiger partial charge in [-0.15, -0.1) is 0 Å². The zero-order valence-electron chi connectivity index (χ0n) is 29.8. The van der Waals surface area contributed by atoms with E-state index in [-0.39, 0.29) is 71.7 Å². The van der Waals surface area contributed by atoms with E-state index in [1.807, 2.05) is 34.1 Å². The molecule has 0 amide bonds. The van der Waals surface area contributed by atoms with Gasteiger partial charge in [-0.2, -0.15) is 4.31 Å². The summed E-state index contributed by atoms with van der Waals surface area (Å²) in [6.45, 7) is 7.71. The van der Waals surface area contributed by atoms with E-state index in [0.717, 1.165) is 11.8 Å². The Morgan fingerprint density at radius 2 is 1.39 bits per heavy atom. The lowest BCUT2D eigenvalue weighted by Crippen LogP contribution is -2.63. The molecule has 0 aromatic heterocycles. The third-order valence-electron chi connectivity index (χ3n) is 8.13. The third kappa shape index (κ3) is 15.7. The van der Waals surface area contributed by atoms with Crippen molar-refractivity contribution in [3.63, 3.8) is 0 Å². The number of benzene rings is 1. The van der Waals surface area contributed by atoms with E-state index >= 15 is 0 Å².